The zero-order valence-corrected chi connectivity index (χ0v) is 9.35. The van der Waals surface area contributed by atoms with Gasteiger partial charge in [0, 0.05) is 0 Å². The van der Waals surface area contributed by atoms with E-state index in [1.165, 1.54) is 6.08 Å². The van der Waals surface area contributed by atoms with Crippen molar-refractivity contribution in [2.24, 2.45) is 0 Å². The van der Waals surface area contributed by atoms with Crippen molar-refractivity contribution >= 4 is 0 Å². The summed E-state index contributed by atoms with van der Waals surface area (Å²) < 4.78 is 50.2. The van der Waals surface area contributed by atoms with E-state index in [-0.39, 0.29) is 5.56 Å². The van der Waals surface area contributed by atoms with Crippen molar-refractivity contribution in [3.63, 3.8) is 0 Å². The lowest BCUT2D eigenvalue weighted by atomic mass is 10.0. The van der Waals surface area contributed by atoms with Crippen molar-refractivity contribution in [1.82, 2.24) is 0 Å². The third-order valence-electron chi connectivity index (χ3n) is 2.13. The average molecular weight is 248 g/mol. The van der Waals surface area contributed by atoms with Gasteiger partial charge in [-0.05, 0) is 31.5 Å². The van der Waals surface area contributed by atoms with E-state index in [0.717, 1.165) is 11.6 Å². The molecule has 1 N–H and O–H groups in total. The molecule has 94 valence electrons. The van der Waals surface area contributed by atoms with E-state index in [1.807, 2.05) is 0 Å². The zero-order valence-electron chi connectivity index (χ0n) is 9.35. The molecule has 1 unspecified atom stereocenters. The Morgan fingerprint density at radius 2 is 1.88 bits per heavy atom. The Balaban J connectivity index is 3.18. The molecule has 5 heteroatoms. The summed E-state index contributed by atoms with van der Waals surface area (Å²) in [6.07, 6.45) is -4.53. The maximum absolute atomic E-state index is 13.0. The number of aliphatic hydroxyl groups excluding tert-OH is 1. The molecule has 0 amide bonds. The Labute approximate surface area is 96.4 Å². The van der Waals surface area contributed by atoms with E-state index < -0.39 is 23.7 Å². The Morgan fingerprint density at radius 1 is 1.29 bits per heavy atom. The van der Waals surface area contributed by atoms with Gasteiger partial charge in [-0.3, -0.25) is 0 Å². The second-order valence-electron chi connectivity index (χ2n) is 3.93. The Kier molecular flexibility index (Phi) is 3.93. The maximum atomic E-state index is 13.0. The van der Waals surface area contributed by atoms with Gasteiger partial charge in [0.2, 0.25) is 0 Å². The molecule has 1 rings (SSSR count). The van der Waals surface area contributed by atoms with Crippen molar-refractivity contribution in [1.29, 1.82) is 0 Å². The van der Waals surface area contributed by atoms with Gasteiger partial charge in [-0.25, -0.2) is 4.39 Å². The number of rotatable bonds is 2. The van der Waals surface area contributed by atoms with E-state index in [0.29, 0.717) is 12.1 Å². The van der Waals surface area contributed by atoms with Crippen molar-refractivity contribution in [2.75, 3.05) is 0 Å². The molecule has 0 radical (unpaired) electrons. The minimum absolute atomic E-state index is 0.0138. The first kappa shape index (κ1) is 13.7. The van der Waals surface area contributed by atoms with Crippen LogP contribution in [0, 0.1) is 5.82 Å². The van der Waals surface area contributed by atoms with E-state index >= 15 is 0 Å². The first-order chi connectivity index (χ1) is 7.71. The number of halogens is 4. The lowest BCUT2D eigenvalue weighted by molar-refractivity contribution is -0.140. The minimum atomic E-state index is -4.76. The molecule has 0 heterocycles. The summed E-state index contributed by atoms with van der Waals surface area (Å²) in [6, 6.07) is 2.47. The van der Waals surface area contributed by atoms with Gasteiger partial charge in [-0.15, -0.1) is 0 Å². The van der Waals surface area contributed by atoms with Crippen LogP contribution in [0.25, 0.3) is 0 Å². The molecule has 1 atom stereocenters. The highest BCUT2D eigenvalue weighted by Gasteiger charge is 2.34. The van der Waals surface area contributed by atoms with Gasteiger partial charge >= 0.3 is 6.18 Å². The molecule has 0 saturated heterocycles. The third kappa shape index (κ3) is 3.56. The summed E-state index contributed by atoms with van der Waals surface area (Å²) in [5, 5.41) is 9.61. The van der Waals surface area contributed by atoms with Gasteiger partial charge in [0.25, 0.3) is 0 Å². The number of benzene rings is 1. The fraction of sp³-hybridized carbons (Fsp3) is 0.333. The van der Waals surface area contributed by atoms with E-state index in [1.54, 1.807) is 13.8 Å². The highest BCUT2D eigenvalue weighted by atomic mass is 19.4. The molecule has 0 aliphatic heterocycles. The number of aliphatic hydroxyl groups is 1. The van der Waals surface area contributed by atoms with Gasteiger partial charge in [-0.1, -0.05) is 17.7 Å². The van der Waals surface area contributed by atoms with Crippen molar-refractivity contribution in [3.8, 4) is 0 Å². The molecular formula is C12H12F4O. The first-order valence-corrected chi connectivity index (χ1v) is 4.91. The molecule has 0 fully saturated rings. The number of alkyl halides is 3. The van der Waals surface area contributed by atoms with Gasteiger partial charge < -0.3 is 5.11 Å². The maximum Gasteiger partial charge on any atom is 0.419 e. The second kappa shape index (κ2) is 4.87. The summed E-state index contributed by atoms with van der Waals surface area (Å²) >= 11 is 0. The van der Waals surface area contributed by atoms with Crippen LogP contribution in [0.4, 0.5) is 17.6 Å². The SMILES string of the molecule is CC(C)=CC(O)c1ccc(F)c(C(F)(F)F)c1. The molecule has 0 spiro atoms. The Bertz CT molecular complexity index is 431. The van der Waals surface area contributed by atoms with Crippen molar-refractivity contribution in [2.45, 2.75) is 26.1 Å². The fourth-order valence-electron chi connectivity index (χ4n) is 1.36. The van der Waals surface area contributed by atoms with Gasteiger partial charge in [0.05, 0.1) is 11.7 Å². The average Bonchev–Trinajstić information content (AvgIpc) is 2.15. The van der Waals surface area contributed by atoms with Crippen LogP contribution in [-0.4, -0.2) is 5.11 Å². The number of hydrogen-bond acceptors (Lipinski definition) is 1. The van der Waals surface area contributed by atoms with Crippen LogP contribution < -0.4 is 0 Å². The largest absolute Gasteiger partial charge is 0.419 e. The van der Waals surface area contributed by atoms with Crippen LogP contribution in [0.5, 0.6) is 0 Å². The van der Waals surface area contributed by atoms with Gasteiger partial charge in [0.1, 0.15) is 5.82 Å². The predicted octanol–water partition coefficient (Wildman–Crippen LogP) is 3.84. The second-order valence-corrected chi connectivity index (χ2v) is 3.93. The molecule has 0 bridgehead atoms. The first-order valence-electron chi connectivity index (χ1n) is 4.91. The van der Waals surface area contributed by atoms with Crippen LogP contribution >= 0.6 is 0 Å². The highest BCUT2D eigenvalue weighted by molar-refractivity contribution is 5.30. The van der Waals surface area contributed by atoms with E-state index in [9.17, 15) is 22.7 Å². The lowest BCUT2D eigenvalue weighted by Gasteiger charge is -2.12. The molecule has 0 aromatic heterocycles. The molecule has 0 aliphatic rings. The predicted molar refractivity (Wildman–Crippen MR) is 55.8 cm³/mol. The summed E-state index contributed by atoms with van der Waals surface area (Å²) in [6.45, 7) is 3.41. The molecule has 1 aromatic carbocycles. The molecule has 0 saturated carbocycles. The van der Waals surface area contributed by atoms with Crippen LogP contribution in [0.15, 0.2) is 29.8 Å². The van der Waals surface area contributed by atoms with Crippen LogP contribution in [-0.2, 0) is 6.18 Å². The van der Waals surface area contributed by atoms with E-state index in [4.69, 9.17) is 0 Å². The highest BCUT2D eigenvalue weighted by Crippen LogP contribution is 2.33. The lowest BCUT2D eigenvalue weighted by Crippen LogP contribution is -2.09. The smallest absolute Gasteiger partial charge is 0.384 e. The third-order valence-corrected chi connectivity index (χ3v) is 2.13. The Morgan fingerprint density at radius 3 is 2.35 bits per heavy atom. The van der Waals surface area contributed by atoms with Crippen molar-refractivity contribution < 1.29 is 22.7 Å². The summed E-state index contributed by atoms with van der Waals surface area (Å²) in [5.74, 6) is -1.34. The molecule has 17 heavy (non-hydrogen) atoms. The molecule has 1 nitrogen and oxygen atoms in total. The quantitative estimate of drug-likeness (QED) is 0.622. The fourth-order valence-corrected chi connectivity index (χ4v) is 1.36. The standard InChI is InChI=1S/C12H12F4O/c1-7(2)5-11(17)8-3-4-10(13)9(6-8)12(14,15)16/h3-6,11,17H,1-2H3. The summed E-state index contributed by atoms with van der Waals surface area (Å²) in [5.41, 5.74) is -0.591. The van der Waals surface area contributed by atoms with Crippen molar-refractivity contribution in [3.05, 3.63) is 46.8 Å². The molecular weight excluding hydrogens is 236 g/mol. The summed E-state index contributed by atoms with van der Waals surface area (Å²) in [4.78, 5) is 0. The van der Waals surface area contributed by atoms with Gasteiger partial charge in [-0.2, -0.15) is 13.2 Å². The molecule has 0 aliphatic carbocycles. The van der Waals surface area contributed by atoms with Crippen LogP contribution in [0.3, 0.4) is 0 Å². The number of hydrogen-bond donors (Lipinski definition) is 1. The minimum Gasteiger partial charge on any atom is -0.384 e. The zero-order chi connectivity index (χ0) is 13.2. The summed E-state index contributed by atoms with van der Waals surface area (Å²) in [7, 11) is 0. The van der Waals surface area contributed by atoms with Gasteiger partial charge in [0.15, 0.2) is 0 Å². The normalized spacial score (nSPS) is 13.4. The Hall–Kier alpha value is -1.36. The number of allylic oxidation sites excluding steroid dienone is 1. The van der Waals surface area contributed by atoms with Crippen LogP contribution in [0.2, 0.25) is 0 Å². The topological polar surface area (TPSA) is 20.2 Å². The van der Waals surface area contributed by atoms with E-state index in [2.05, 4.69) is 0 Å². The monoisotopic (exact) mass is 248 g/mol. The van der Waals surface area contributed by atoms with Crippen LogP contribution in [0.1, 0.15) is 31.1 Å². The molecule has 1 aromatic rings.